The molecule has 0 atom stereocenters. The van der Waals surface area contributed by atoms with Crippen LogP contribution in [0.1, 0.15) is 0 Å². The van der Waals surface area contributed by atoms with Gasteiger partial charge >= 0.3 is 0 Å². The van der Waals surface area contributed by atoms with Crippen molar-refractivity contribution < 1.29 is 17.5 Å². The molecule has 82 valence electrons. The van der Waals surface area contributed by atoms with Crippen molar-refractivity contribution in [2.45, 2.75) is 4.90 Å². The zero-order valence-corrected chi connectivity index (χ0v) is 9.18. The van der Waals surface area contributed by atoms with Crippen LogP contribution in [0.4, 0.5) is 4.39 Å². The van der Waals surface area contributed by atoms with Gasteiger partial charge in [-0.3, -0.25) is 0 Å². The largest absolute Gasteiger partial charge is 0.486 e. The predicted octanol–water partition coefficient (Wildman–Crippen LogP) is 2.32. The molecule has 3 nitrogen and oxygen atoms in total. The maximum Gasteiger partial charge on any atom is 0.261 e. The SMILES string of the molecule is C=CCOc1ccc(S(=O)(=O)Cl)cc1F. The Hall–Kier alpha value is -1.07. The van der Waals surface area contributed by atoms with E-state index in [2.05, 4.69) is 6.58 Å². The topological polar surface area (TPSA) is 43.4 Å². The fourth-order valence-electron chi connectivity index (χ4n) is 0.899. The van der Waals surface area contributed by atoms with Crippen LogP contribution < -0.4 is 4.74 Å². The van der Waals surface area contributed by atoms with Gasteiger partial charge in [-0.2, -0.15) is 0 Å². The summed E-state index contributed by atoms with van der Waals surface area (Å²) in [4.78, 5) is -0.299. The van der Waals surface area contributed by atoms with Gasteiger partial charge in [0.15, 0.2) is 11.6 Å². The molecule has 1 aromatic carbocycles. The molecule has 0 aliphatic heterocycles. The number of ether oxygens (including phenoxy) is 1. The molecule has 0 unspecified atom stereocenters. The number of hydrogen-bond donors (Lipinski definition) is 0. The lowest BCUT2D eigenvalue weighted by atomic mass is 10.3. The molecule has 0 aromatic heterocycles. The summed E-state index contributed by atoms with van der Waals surface area (Å²) in [6, 6.07) is 3.18. The van der Waals surface area contributed by atoms with Crippen LogP contribution in [-0.4, -0.2) is 15.0 Å². The van der Waals surface area contributed by atoms with Gasteiger partial charge in [0.2, 0.25) is 0 Å². The van der Waals surface area contributed by atoms with Crippen molar-refractivity contribution in [2.24, 2.45) is 0 Å². The van der Waals surface area contributed by atoms with Crippen molar-refractivity contribution in [3.05, 3.63) is 36.7 Å². The molecule has 0 saturated carbocycles. The third-order valence-electron chi connectivity index (χ3n) is 1.54. The highest BCUT2D eigenvalue weighted by atomic mass is 35.7. The number of halogens is 2. The quantitative estimate of drug-likeness (QED) is 0.608. The minimum Gasteiger partial charge on any atom is -0.486 e. The zero-order chi connectivity index (χ0) is 11.5. The first-order chi connectivity index (χ1) is 6.95. The normalized spacial score (nSPS) is 11.1. The summed E-state index contributed by atoms with van der Waals surface area (Å²) in [5, 5.41) is 0. The first-order valence-corrected chi connectivity index (χ1v) is 6.24. The lowest BCUT2D eigenvalue weighted by Crippen LogP contribution is -1.98. The van der Waals surface area contributed by atoms with Gasteiger partial charge in [0, 0.05) is 10.7 Å². The van der Waals surface area contributed by atoms with E-state index in [9.17, 15) is 12.8 Å². The van der Waals surface area contributed by atoms with Gasteiger partial charge in [0.25, 0.3) is 9.05 Å². The standard InChI is InChI=1S/C9H8ClFO3S/c1-2-5-14-9-4-3-7(6-8(9)11)15(10,12)13/h2-4,6H,1,5H2. The van der Waals surface area contributed by atoms with Gasteiger partial charge in [0.1, 0.15) is 6.61 Å². The average Bonchev–Trinajstić information content (AvgIpc) is 2.14. The van der Waals surface area contributed by atoms with E-state index < -0.39 is 14.9 Å². The van der Waals surface area contributed by atoms with E-state index in [-0.39, 0.29) is 17.3 Å². The second-order valence-corrected chi connectivity index (χ2v) is 5.20. The molecule has 0 N–H and O–H groups in total. The van der Waals surface area contributed by atoms with Gasteiger partial charge in [-0.1, -0.05) is 12.7 Å². The number of rotatable bonds is 4. The molecule has 0 amide bonds. The fourth-order valence-corrected chi connectivity index (χ4v) is 1.66. The van der Waals surface area contributed by atoms with Crippen LogP contribution in [0.2, 0.25) is 0 Å². The second kappa shape index (κ2) is 4.63. The van der Waals surface area contributed by atoms with Crippen molar-refractivity contribution in [1.82, 2.24) is 0 Å². The van der Waals surface area contributed by atoms with Crippen molar-refractivity contribution in [3.8, 4) is 5.75 Å². The molecule has 0 radical (unpaired) electrons. The minimum absolute atomic E-state index is 0.0426. The van der Waals surface area contributed by atoms with E-state index in [1.54, 1.807) is 0 Å². The predicted molar refractivity (Wildman–Crippen MR) is 55.1 cm³/mol. The molecule has 0 heterocycles. The Kier molecular flexibility index (Phi) is 3.71. The molecule has 0 aliphatic carbocycles. The summed E-state index contributed by atoms with van der Waals surface area (Å²) in [6.45, 7) is 3.54. The van der Waals surface area contributed by atoms with Gasteiger partial charge in [-0.05, 0) is 18.2 Å². The Bertz CT molecular complexity index is 470. The average molecular weight is 251 g/mol. The van der Waals surface area contributed by atoms with E-state index in [0.29, 0.717) is 0 Å². The molecule has 1 aromatic rings. The van der Waals surface area contributed by atoms with Gasteiger partial charge < -0.3 is 4.74 Å². The van der Waals surface area contributed by atoms with E-state index >= 15 is 0 Å². The fraction of sp³-hybridized carbons (Fsp3) is 0.111. The highest BCUT2D eigenvalue weighted by Crippen LogP contribution is 2.23. The van der Waals surface area contributed by atoms with Crippen molar-refractivity contribution in [1.29, 1.82) is 0 Å². The van der Waals surface area contributed by atoms with Gasteiger partial charge in [-0.25, -0.2) is 12.8 Å². The van der Waals surface area contributed by atoms with Crippen molar-refractivity contribution in [3.63, 3.8) is 0 Å². The van der Waals surface area contributed by atoms with Crippen LogP contribution in [0, 0.1) is 5.82 Å². The third-order valence-corrected chi connectivity index (χ3v) is 2.89. The zero-order valence-electron chi connectivity index (χ0n) is 7.61. The van der Waals surface area contributed by atoms with E-state index in [1.807, 2.05) is 0 Å². The van der Waals surface area contributed by atoms with Gasteiger partial charge in [-0.15, -0.1) is 0 Å². The van der Waals surface area contributed by atoms with E-state index in [1.165, 1.54) is 18.2 Å². The lowest BCUT2D eigenvalue weighted by Gasteiger charge is -2.05. The molecular formula is C9H8ClFO3S. The highest BCUT2D eigenvalue weighted by Gasteiger charge is 2.13. The minimum atomic E-state index is -3.91. The summed E-state index contributed by atoms with van der Waals surface area (Å²) >= 11 is 0. The van der Waals surface area contributed by atoms with Crippen LogP contribution in [0.5, 0.6) is 5.75 Å². The summed E-state index contributed by atoms with van der Waals surface area (Å²) in [5.41, 5.74) is 0. The molecule has 6 heteroatoms. The highest BCUT2D eigenvalue weighted by molar-refractivity contribution is 8.13. The Morgan fingerprint density at radius 2 is 2.20 bits per heavy atom. The second-order valence-electron chi connectivity index (χ2n) is 2.63. The van der Waals surface area contributed by atoms with Crippen molar-refractivity contribution >= 4 is 19.7 Å². The Balaban J connectivity index is 3.03. The summed E-state index contributed by atoms with van der Waals surface area (Å²) < 4.78 is 39.8. The third kappa shape index (κ3) is 3.21. The summed E-state index contributed by atoms with van der Waals surface area (Å²) in [5.74, 6) is -0.822. The van der Waals surface area contributed by atoms with Gasteiger partial charge in [0.05, 0.1) is 4.90 Å². The van der Waals surface area contributed by atoms with E-state index in [4.69, 9.17) is 15.4 Å². The van der Waals surface area contributed by atoms with Crippen LogP contribution in [-0.2, 0) is 9.05 Å². The van der Waals surface area contributed by atoms with Crippen LogP contribution in [0.3, 0.4) is 0 Å². The van der Waals surface area contributed by atoms with E-state index in [0.717, 1.165) is 6.07 Å². The number of benzene rings is 1. The summed E-state index contributed by atoms with van der Waals surface area (Å²) in [6.07, 6.45) is 1.45. The summed E-state index contributed by atoms with van der Waals surface area (Å²) in [7, 11) is 1.13. The molecule has 0 fully saturated rings. The first-order valence-electron chi connectivity index (χ1n) is 3.93. The Morgan fingerprint density at radius 1 is 1.53 bits per heavy atom. The Morgan fingerprint density at radius 3 is 2.67 bits per heavy atom. The number of hydrogen-bond acceptors (Lipinski definition) is 3. The molecular weight excluding hydrogens is 243 g/mol. The van der Waals surface area contributed by atoms with Crippen molar-refractivity contribution in [2.75, 3.05) is 6.61 Å². The molecule has 0 aliphatic rings. The van der Waals surface area contributed by atoms with Crippen LogP contribution in [0.25, 0.3) is 0 Å². The molecule has 0 saturated heterocycles. The molecule has 0 spiro atoms. The monoisotopic (exact) mass is 250 g/mol. The van der Waals surface area contributed by atoms with Crippen LogP contribution >= 0.6 is 10.7 Å². The lowest BCUT2D eigenvalue weighted by molar-refractivity contribution is 0.341. The molecule has 15 heavy (non-hydrogen) atoms. The maximum atomic E-state index is 13.2. The first kappa shape index (κ1) is 12.0. The Labute approximate surface area is 91.5 Å². The maximum absolute atomic E-state index is 13.2. The smallest absolute Gasteiger partial charge is 0.261 e. The molecule has 0 bridgehead atoms. The molecule has 1 rings (SSSR count). The van der Waals surface area contributed by atoms with Crippen LogP contribution in [0.15, 0.2) is 35.7 Å².